The fourth-order valence-electron chi connectivity index (χ4n) is 2.37. The molecule has 0 aliphatic heterocycles. The molecule has 2 heteroatoms. The van der Waals surface area contributed by atoms with Crippen LogP contribution in [0.4, 0.5) is 0 Å². The Kier molecular flexibility index (Phi) is 5.16. The van der Waals surface area contributed by atoms with E-state index in [1.165, 1.54) is 11.1 Å². The van der Waals surface area contributed by atoms with Gasteiger partial charge in [-0.25, -0.2) is 0 Å². The topological polar surface area (TPSA) is 29.3 Å². The van der Waals surface area contributed by atoms with Gasteiger partial charge in [-0.3, -0.25) is 4.90 Å². The summed E-state index contributed by atoms with van der Waals surface area (Å²) in [5.74, 6) is 0. The van der Waals surface area contributed by atoms with Crippen LogP contribution in [0.25, 0.3) is 0 Å². The van der Waals surface area contributed by atoms with Crippen molar-refractivity contribution in [3.05, 3.63) is 35.4 Å². The van der Waals surface area contributed by atoms with Crippen molar-refractivity contribution in [1.29, 1.82) is 0 Å². The minimum Gasteiger partial charge on any atom is -0.329 e. The molecule has 0 heterocycles. The summed E-state index contributed by atoms with van der Waals surface area (Å²) >= 11 is 0. The smallest absolute Gasteiger partial charge is 0.0327 e. The molecule has 0 saturated heterocycles. The molecule has 1 aromatic carbocycles. The Labute approximate surface area is 106 Å². The van der Waals surface area contributed by atoms with Crippen molar-refractivity contribution in [1.82, 2.24) is 4.90 Å². The minimum absolute atomic E-state index is 0.144. The fraction of sp³-hybridized carbons (Fsp3) is 0.600. The largest absolute Gasteiger partial charge is 0.329 e. The van der Waals surface area contributed by atoms with Crippen LogP contribution in [-0.2, 0) is 6.54 Å². The highest BCUT2D eigenvalue weighted by Gasteiger charge is 2.28. The van der Waals surface area contributed by atoms with Gasteiger partial charge in [0, 0.05) is 18.6 Å². The van der Waals surface area contributed by atoms with Crippen molar-refractivity contribution in [3.8, 4) is 0 Å². The molecule has 1 rings (SSSR count). The predicted octanol–water partition coefficient (Wildman–Crippen LogP) is 2.94. The van der Waals surface area contributed by atoms with Gasteiger partial charge >= 0.3 is 0 Å². The first-order valence-electron chi connectivity index (χ1n) is 6.55. The highest BCUT2D eigenvalue weighted by Crippen LogP contribution is 2.23. The molecule has 0 bridgehead atoms. The van der Waals surface area contributed by atoms with E-state index in [0.717, 1.165) is 25.9 Å². The molecule has 0 aromatic heterocycles. The van der Waals surface area contributed by atoms with Crippen molar-refractivity contribution >= 4 is 0 Å². The number of hydrogen-bond acceptors (Lipinski definition) is 2. The molecular formula is C15H26N2. The zero-order valence-corrected chi connectivity index (χ0v) is 11.7. The van der Waals surface area contributed by atoms with Crippen LogP contribution in [0.3, 0.4) is 0 Å². The normalized spacial score (nSPS) is 12.1. The Bertz CT molecular complexity index is 317. The molecule has 0 radical (unpaired) electrons. The van der Waals surface area contributed by atoms with E-state index in [1.54, 1.807) is 0 Å². The SMILES string of the molecule is CCC(CC)(CN)N(C)Cc1ccc(C)cc1. The predicted molar refractivity (Wildman–Crippen MR) is 75.0 cm³/mol. The number of benzene rings is 1. The Morgan fingerprint density at radius 2 is 1.65 bits per heavy atom. The van der Waals surface area contributed by atoms with Gasteiger partial charge in [0.15, 0.2) is 0 Å². The third-order valence-electron chi connectivity index (χ3n) is 4.05. The Morgan fingerprint density at radius 3 is 2.06 bits per heavy atom. The van der Waals surface area contributed by atoms with E-state index in [0.29, 0.717) is 0 Å². The molecule has 0 saturated carbocycles. The monoisotopic (exact) mass is 234 g/mol. The Hall–Kier alpha value is -0.860. The molecule has 0 unspecified atom stereocenters. The van der Waals surface area contributed by atoms with Gasteiger partial charge in [0.1, 0.15) is 0 Å². The van der Waals surface area contributed by atoms with Crippen LogP contribution < -0.4 is 5.73 Å². The van der Waals surface area contributed by atoms with E-state index >= 15 is 0 Å². The van der Waals surface area contributed by atoms with Crippen LogP contribution >= 0.6 is 0 Å². The molecule has 0 fully saturated rings. The number of nitrogens with two attached hydrogens (primary N) is 1. The number of nitrogens with zero attached hydrogens (tertiary/aromatic N) is 1. The molecule has 17 heavy (non-hydrogen) atoms. The first-order valence-corrected chi connectivity index (χ1v) is 6.55. The van der Waals surface area contributed by atoms with Crippen molar-refractivity contribution in [3.63, 3.8) is 0 Å². The first kappa shape index (κ1) is 14.2. The summed E-state index contributed by atoms with van der Waals surface area (Å²) in [6, 6.07) is 8.76. The van der Waals surface area contributed by atoms with E-state index in [9.17, 15) is 0 Å². The van der Waals surface area contributed by atoms with Crippen LogP contribution in [-0.4, -0.2) is 24.0 Å². The number of aryl methyl sites for hydroxylation is 1. The molecule has 0 amide bonds. The summed E-state index contributed by atoms with van der Waals surface area (Å²) in [4.78, 5) is 2.40. The van der Waals surface area contributed by atoms with Gasteiger partial charge in [-0.05, 0) is 32.4 Å². The van der Waals surface area contributed by atoms with E-state index in [2.05, 4.69) is 57.0 Å². The molecular weight excluding hydrogens is 208 g/mol. The average Bonchev–Trinajstić information content (AvgIpc) is 2.35. The van der Waals surface area contributed by atoms with Gasteiger partial charge in [0.2, 0.25) is 0 Å². The summed E-state index contributed by atoms with van der Waals surface area (Å²) in [7, 11) is 2.18. The van der Waals surface area contributed by atoms with Crippen LogP contribution in [0, 0.1) is 6.92 Å². The molecule has 0 spiro atoms. The number of rotatable bonds is 6. The maximum Gasteiger partial charge on any atom is 0.0327 e. The number of likely N-dealkylation sites (N-methyl/N-ethyl adjacent to an activating group) is 1. The van der Waals surface area contributed by atoms with E-state index in [-0.39, 0.29) is 5.54 Å². The third kappa shape index (κ3) is 3.30. The van der Waals surface area contributed by atoms with E-state index < -0.39 is 0 Å². The second-order valence-electron chi connectivity index (χ2n) is 4.98. The van der Waals surface area contributed by atoms with Crippen molar-refractivity contribution in [2.75, 3.05) is 13.6 Å². The first-order chi connectivity index (χ1) is 8.07. The number of hydrogen-bond donors (Lipinski definition) is 1. The van der Waals surface area contributed by atoms with E-state index in [4.69, 9.17) is 5.73 Å². The summed E-state index contributed by atoms with van der Waals surface area (Å²) in [5, 5.41) is 0. The van der Waals surface area contributed by atoms with Gasteiger partial charge in [-0.1, -0.05) is 43.7 Å². The minimum atomic E-state index is 0.144. The summed E-state index contributed by atoms with van der Waals surface area (Å²) in [5.41, 5.74) is 8.78. The molecule has 0 aliphatic rings. The highest BCUT2D eigenvalue weighted by molar-refractivity contribution is 5.21. The second-order valence-corrected chi connectivity index (χ2v) is 4.98. The maximum absolute atomic E-state index is 5.97. The van der Waals surface area contributed by atoms with E-state index in [1.807, 2.05) is 0 Å². The quantitative estimate of drug-likeness (QED) is 0.820. The van der Waals surface area contributed by atoms with Crippen molar-refractivity contribution < 1.29 is 0 Å². The maximum atomic E-state index is 5.97. The lowest BCUT2D eigenvalue weighted by atomic mass is 9.90. The standard InChI is InChI=1S/C15H26N2/c1-5-15(6-2,12-16)17(4)11-14-9-7-13(3)8-10-14/h7-10H,5-6,11-12,16H2,1-4H3. The molecule has 2 N–H and O–H groups in total. The molecule has 0 atom stereocenters. The van der Waals surface area contributed by atoms with Crippen LogP contribution in [0.15, 0.2) is 24.3 Å². The molecule has 2 nitrogen and oxygen atoms in total. The second kappa shape index (κ2) is 6.18. The highest BCUT2D eigenvalue weighted by atomic mass is 15.2. The Balaban J connectivity index is 2.76. The van der Waals surface area contributed by atoms with Crippen molar-refractivity contribution in [2.24, 2.45) is 5.73 Å². The Morgan fingerprint density at radius 1 is 1.12 bits per heavy atom. The van der Waals surface area contributed by atoms with Gasteiger partial charge in [-0.15, -0.1) is 0 Å². The average molecular weight is 234 g/mol. The van der Waals surface area contributed by atoms with Crippen LogP contribution in [0.1, 0.15) is 37.8 Å². The lowest BCUT2D eigenvalue weighted by Gasteiger charge is -2.40. The summed E-state index contributed by atoms with van der Waals surface area (Å²) in [6.45, 7) is 8.27. The lowest BCUT2D eigenvalue weighted by molar-refractivity contribution is 0.108. The molecule has 96 valence electrons. The summed E-state index contributed by atoms with van der Waals surface area (Å²) in [6.07, 6.45) is 2.20. The van der Waals surface area contributed by atoms with Crippen LogP contribution in [0.2, 0.25) is 0 Å². The van der Waals surface area contributed by atoms with Gasteiger partial charge in [0.05, 0.1) is 0 Å². The van der Waals surface area contributed by atoms with Crippen molar-refractivity contribution in [2.45, 2.75) is 45.7 Å². The van der Waals surface area contributed by atoms with Gasteiger partial charge in [-0.2, -0.15) is 0 Å². The zero-order valence-electron chi connectivity index (χ0n) is 11.7. The lowest BCUT2D eigenvalue weighted by Crippen LogP contribution is -2.50. The molecule has 0 aliphatic carbocycles. The third-order valence-corrected chi connectivity index (χ3v) is 4.05. The van der Waals surface area contributed by atoms with Gasteiger partial charge < -0.3 is 5.73 Å². The molecule has 1 aromatic rings. The summed E-state index contributed by atoms with van der Waals surface area (Å²) < 4.78 is 0. The van der Waals surface area contributed by atoms with Crippen LogP contribution in [0.5, 0.6) is 0 Å². The zero-order chi connectivity index (χ0) is 12.9. The fourth-order valence-corrected chi connectivity index (χ4v) is 2.37. The van der Waals surface area contributed by atoms with Gasteiger partial charge in [0.25, 0.3) is 0 Å².